The van der Waals surface area contributed by atoms with Crippen molar-refractivity contribution in [2.24, 2.45) is 0 Å². The van der Waals surface area contributed by atoms with Gasteiger partial charge in [-0.3, -0.25) is 4.79 Å². The number of rotatable bonds is 5. The topological polar surface area (TPSA) is 38.3 Å². The van der Waals surface area contributed by atoms with Gasteiger partial charge in [-0.1, -0.05) is 34.1 Å². The van der Waals surface area contributed by atoms with Crippen LogP contribution in [0.3, 0.4) is 0 Å². The summed E-state index contributed by atoms with van der Waals surface area (Å²) < 4.78 is 6.50. The van der Waals surface area contributed by atoms with Gasteiger partial charge in [-0.25, -0.2) is 0 Å². The molecule has 126 valence electrons. The van der Waals surface area contributed by atoms with Crippen LogP contribution in [0.15, 0.2) is 46.9 Å². The molecule has 3 nitrogen and oxygen atoms in total. The van der Waals surface area contributed by atoms with Crippen LogP contribution >= 0.6 is 15.9 Å². The number of hydrogen-bond donors (Lipinski definition) is 1. The molecule has 0 fully saturated rings. The highest BCUT2D eigenvalue weighted by atomic mass is 79.9. The maximum absolute atomic E-state index is 12.1. The lowest BCUT2D eigenvalue weighted by molar-refractivity contribution is -0.123. The maximum Gasteiger partial charge on any atom is 0.258 e. The molecule has 0 saturated carbocycles. The minimum Gasteiger partial charge on any atom is -0.484 e. The first kappa shape index (κ1) is 17.0. The molecule has 0 saturated heterocycles. The summed E-state index contributed by atoms with van der Waals surface area (Å²) in [6, 6.07) is 14.0. The van der Waals surface area contributed by atoms with Gasteiger partial charge in [-0.15, -0.1) is 0 Å². The smallest absolute Gasteiger partial charge is 0.258 e. The zero-order valence-electron chi connectivity index (χ0n) is 13.8. The SMILES string of the molecule is C[C@H](NC(=O)COc1ccc(Br)cc1)c1ccc2c(c1)CCCC2. The third-order valence-electron chi connectivity index (χ3n) is 4.43. The minimum absolute atomic E-state index is 0.0155. The normalized spacial score (nSPS) is 14.6. The van der Waals surface area contributed by atoms with Gasteiger partial charge in [-0.05, 0) is 73.6 Å². The Bertz CT molecular complexity index is 712. The van der Waals surface area contributed by atoms with Crippen molar-refractivity contribution in [3.05, 3.63) is 63.6 Å². The van der Waals surface area contributed by atoms with E-state index in [1.807, 2.05) is 31.2 Å². The van der Waals surface area contributed by atoms with E-state index in [4.69, 9.17) is 4.74 Å². The van der Waals surface area contributed by atoms with Crippen LogP contribution in [0.25, 0.3) is 0 Å². The monoisotopic (exact) mass is 387 g/mol. The van der Waals surface area contributed by atoms with Gasteiger partial charge in [0.15, 0.2) is 6.61 Å². The Morgan fingerprint density at radius 1 is 1.12 bits per heavy atom. The number of halogens is 1. The first-order chi connectivity index (χ1) is 11.6. The number of amides is 1. The lowest BCUT2D eigenvalue weighted by Gasteiger charge is -2.20. The molecule has 0 aliphatic heterocycles. The van der Waals surface area contributed by atoms with Crippen LogP contribution in [-0.4, -0.2) is 12.5 Å². The van der Waals surface area contributed by atoms with Crippen LogP contribution < -0.4 is 10.1 Å². The van der Waals surface area contributed by atoms with Gasteiger partial charge in [0, 0.05) is 4.47 Å². The fraction of sp³-hybridized carbons (Fsp3) is 0.350. The summed E-state index contributed by atoms with van der Waals surface area (Å²) in [5.74, 6) is 0.581. The second kappa shape index (κ2) is 7.84. The number of fused-ring (bicyclic) bond motifs is 1. The highest BCUT2D eigenvalue weighted by Crippen LogP contribution is 2.24. The van der Waals surface area contributed by atoms with E-state index in [1.54, 1.807) is 0 Å². The Morgan fingerprint density at radius 3 is 2.58 bits per heavy atom. The molecule has 3 rings (SSSR count). The number of hydrogen-bond acceptors (Lipinski definition) is 2. The van der Waals surface area contributed by atoms with Crippen molar-refractivity contribution in [2.75, 3.05) is 6.61 Å². The highest BCUT2D eigenvalue weighted by Gasteiger charge is 2.14. The molecule has 1 amide bonds. The molecule has 0 unspecified atom stereocenters. The minimum atomic E-state index is -0.108. The van der Waals surface area contributed by atoms with Crippen LogP contribution in [0, 0.1) is 0 Å². The van der Waals surface area contributed by atoms with E-state index >= 15 is 0 Å². The van der Waals surface area contributed by atoms with Crippen molar-refractivity contribution in [3.8, 4) is 5.75 Å². The number of carbonyl (C=O) groups excluding carboxylic acids is 1. The van der Waals surface area contributed by atoms with E-state index in [0.29, 0.717) is 5.75 Å². The van der Waals surface area contributed by atoms with Crippen molar-refractivity contribution in [1.29, 1.82) is 0 Å². The molecule has 24 heavy (non-hydrogen) atoms. The molecule has 0 radical (unpaired) electrons. The number of carbonyl (C=O) groups is 1. The molecule has 0 spiro atoms. The molecule has 2 aromatic carbocycles. The maximum atomic E-state index is 12.1. The van der Waals surface area contributed by atoms with Gasteiger partial charge in [0.1, 0.15) is 5.75 Å². The second-order valence-corrected chi connectivity index (χ2v) is 7.18. The van der Waals surface area contributed by atoms with Crippen molar-refractivity contribution >= 4 is 21.8 Å². The number of benzene rings is 2. The van der Waals surface area contributed by atoms with E-state index in [0.717, 1.165) is 16.5 Å². The Labute approximate surface area is 151 Å². The molecular formula is C20H22BrNO2. The number of nitrogens with one attached hydrogen (secondary N) is 1. The van der Waals surface area contributed by atoms with Crippen LogP contribution in [0.1, 0.15) is 42.5 Å². The summed E-state index contributed by atoms with van der Waals surface area (Å²) in [5, 5.41) is 3.01. The lowest BCUT2D eigenvalue weighted by Crippen LogP contribution is -2.31. The molecule has 1 aliphatic rings. The molecule has 0 aromatic heterocycles. The zero-order valence-corrected chi connectivity index (χ0v) is 15.4. The first-order valence-electron chi connectivity index (χ1n) is 8.41. The molecule has 1 aliphatic carbocycles. The fourth-order valence-corrected chi connectivity index (χ4v) is 3.33. The average molecular weight is 388 g/mol. The third-order valence-corrected chi connectivity index (χ3v) is 4.96. The summed E-state index contributed by atoms with van der Waals surface area (Å²) in [6.07, 6.45) is 4.87. The van der Waals surface area contributed by atoms with E-state index in [9.17, 15) is 4.79 Å². The van der Waals surface area contributed by atoms with Gasteiger partial charge in [0.05, 0.1) is 6.04 Å². The summed E-state index contributed by atoms with van der Waals surface area (Å²) in [6.45, 7) is 2.04. The Balaban J connectivity index is 1.55. The molecule has 1 N–H and O–H groups in total. The quantitative estimate of drug-likeness (QED) is 0.814. The summed E-state index contributed by atoms with van der Waals surface area (Å²) in [7, 11) is 0. The van der Waals surface area contributed by atoms with Gasteiger partial charge >= 0.3 is 0 Å². The third kappa shape index (κ3) is 4.38. The second-order valence-electron chi connectivity index (χ2n) is 6.27. The first-order valence-corrected chi connectivity index (χ1v) is 9.20. The van der Waals surface area contributed by atoms with Crippen molar-refractivity contribution in [3.63, 3.8) is 0 Å². The molecule has 1 atom stereocenters. The van der Waals surface area contributed by atoms with E-state index in [2.05, 4.69) is 39.4 Å². The van der Waals surface area contributed by atoms with Gasteiger partial charge in [0.25, 0.3) is 5.91 Å². The molecule has 0 bridgehead atoms. The van der Waals surface area contributed by atoms with Crippen molar-refractivity contribution in [2.45, 2.75) is 38.6 Å². The van der Waals surface area contributed by atoms with Crippen LogP contribution in [0.5, 0.6) is 5.75 Å². The van der Waals surface area contributed by atoms with Crippen LogP contribution in [0.2, 0.25) is 0 Å². The average Bonchev–Trinajstić information content (AvgIpc) is 2.61. The summed E-state index contributed by atoms with van der Waals surface area (Å²) in [5.41, 5.74) is 4.06. The molecular weight excluding hydrogens is 366 g/mol. The van der Waals surface area contributed by atoms with E-state index < -0.39 is 0 Å². The predicted molar refractivity (Wildman–Crippen MR) is 99.3 cm³/mol. The molecule has 0 heterocycles. The number of aryl methyl sites for hydroxylation is 2. The standard InChI is InChI=1S/C20H22BrNO2/c1-14(16-7-6-15-4-2-3-5-17(15)12-16)22-20(23)13-24-19-10-8-18(21)9-11-19/h6-12,14H,2-5,13H2,1H3,(H,22,23)/t14-/m0/s1. The Kier molecular flexibility index (Phi) is 5.56. The highest BCUT2D eigenvalue weighted by molar-refractivity contribution is 9.10. The zero-order chi connectivity index (χ0) is 16.9. The van der Waals surface area contributed by atoms with E-state index in [1.165, 1.54) is 30.4 Å². The van der Waals surface area contributed by atoms with Crippen molar-refractivity contribution in [1.82, 2.24) is 5.32 Å². The number of ether oxygens (including phenoxy) is 1. The summed E-state index contributed by atoms with van der Waals surface area (Å²) in [4.78, 5) is 12.1. The van der Waals surface area contributed by atoms with E-state index in [-0.39, 0.29) is 18.6 Å². The van der Waals surface area contributed by atoms with Gasteiger partial charge in [0.2, 0.25) is 0 Å². The molecule has 4 heteroatoms. The lowest BCUT2D eigenvalue weighted by atomic mass is 9.89. The fourth-order valence-electron chi connectivity index (χ4n) is 3.07. The Hall–Kier alpha value is -1.81. The largest absolute Gasteiger partial charge is 0.484 e. The van der Waals surface area contributed by atoms with Crippen molar-refractivity contribution < 1.29 is 9.53 Å². The Morgan fingerprint density at radius 2 is 1.83 bits per heavy atom. The molecule has 2 aromatic rings. The predicted octanol–water partition coefficient (Wildman–Crippen LogP) is 4.58. The van der Waals surface area contributed by atoms with Gasteiger partial charge < -0.3 is 10.1 Å². The van der Waals surface area contributed by atoms with Crippen LogP contribution in [-0.2, 0) is 17.6 Å². The van der Waals surface area contributed by atoms with Crippen LogP contribution in [0.4, 0.5) is 0 Å². The van der Waals surface area contributed by atoms with Gasteiger partial charge in [-0.2, -0.15) is 0 Å². The summed E-state index contributed by atoms with van der Waals surface area (Å²) >= 11 is 3.38.